The maximum absolute atomic E-state index is 12.0. The summed E-state index contributed by atoms with van der Waals surface area (Å²) in [5.74, 6) is -1.15. The van der Waals surface area contributed by atoms with Gasteiger partial charge in [0.1, 0.15) is 0 Å². The van der Waals surface area contributed by atoms with Crippen LogP contribution in [0.5, 0.6) is 0 Å². The fourth-order valence-electron chi connectivity index (χ4n) is 1.82. The van der Waals surface area contributed by atoms with Crippen LogP contribution in [0.15, 0.2) is 42.6 Å². The molecule has 5 nitrogen and oxygen atoms in total. The molecule has 0 saturated heterocycles. The number of amides is 1. The SMILES string of the molecule is Cc1cc(C(=O)Nc2cccc(CC(=O)O)c2)ccn1. The summed E-state index contributed by atoms with van der Waals surface area (Å²) in [6, 6.07) is 10.1. The van der Waals surface area contributed by atoms with E-state index in [1.165, 1.54) is 0 Å². The molecule has 0 atom stereocenters. The number of benzene rings is 1. The Kier molecular flexibility index (Phi) is 4.10. The lowest BCUT2D eigenvalue weighted by Gasteiger charge is -2.07. The van der Waals surface area contributed by atoms with Crippen LogP contribution in [0, 0.1) is 6.92 Å². The number of carboxylic acids is 1. The highest BCUT2D eigenvalue weighted by atomic mass is 16.4. The van der Waals surface area contributed by atoms with Crippen molar-refractivity contribution in [3.8, 4) is 0 Å². The third-order valence-corrected chi connectivity index (χ3v) is 2.70. The van der Waals surface area contributed by atoms with E-state index in [1.54, 1.807) is 42.6 Å². The zero-order chi connectivity index (χ0) is 14.5. The molecule has 0 unspecified atom stereocenters. The molecule has 0 radical (unpaired) electrons. The minimum Gasteiger partial charge on any atom is -0.481 e. The van der Waals surface area contributed by atoms with Crippen LogP contribution in [0.1, 0.15) is 21.6 Å². The molecule has 0 aliphatic carbocycles. The molecular formula is C15H14N2O3. The van der Waals surface area contributed by atoms with E-state index in [2.05, 4.69) is 10.3 Å². The molecule has 2 N–H and O–H groups in total. The molecule has 102 valence electrons. The first-order valence-electron chi connectivity index (χ1n) is 6.09. The minimum atomic E-state index is -0.904. The molecule has 1 heterocycles. The molecule has 0 bridgehead atoms. The number of aryl methyl sites for hydroxylation is 1. The molecule has 1 aromatic carbocycles. The van der Waals surface area contributed by atoms with Crippen LogP contribution >= 0.6 is 0 Å². The van der Waals surface area contributed by atoms with E-state index in [1.807, 2.05) is 6.92 Å². The Bertz CT molecular complexity index is 653. The number of aromatic nitrogens is 1. The lowest BCUT2D eigenvalue weighted by Crippen LogP contribution is -2.12. The predicted octanol–water partition coefficient (Wildman–Crippen LogP) is 2.27. The zero-order valence-corrected chi connectivity index (χ0v) is 11.0. The van der Waals surface area contributed by atoms with Gasteiger partial charge in [-0.05, 0) is 36.8 Å². The monoisotopic (exact) mass is 270 g/mol. The number of carboxylic acid groups (broad SMARTS) is 1. The molecule has 0 saturated carbocycles. The van der Waals surface area contributed by atoms with Crippen molar-refractivity contribution in [3.63, 3.8) is 0 Å². The number of carbonyl (C=O) groups is 2. The Balaban J connectivity index is 2.13. The number of anilines is 1. The number of carbonyl (C=O) groups excluding carboxylic acids is 1. The normalized spacial score (nSPS) is 10.1. The average Bonchev–Trinajstić information content (AvgIpc) is 2.38. The first-order valence-corrected chi connectivity index (χ1v) is 6.09. The molecule has 0 aliphatic rings. The lowest BCUT2D eigenvalue weighted by molar-refractivity contribution is -0.136. The van der Waals surface area contributed by atoms with Gasteiger partial charge in [0.15, 0.2) is 0 Å². The van der Waals surface area contributed by atoms with Crippen LogP contribution in [0.4, 0.5) is 5.69 Å². The maximum atomic E-state index is 12.0. The lowest BCUT2D eigenvalue weighted by atomic mass is 10.1. The van der Waals surface area contributed by atoms with Crippen molar-refractivity contribution < 1.29 is 14.7 Å². The van der Waals surface area contributed by atoms with Crippen LogP contribution in [0.25, 0.3) is 0 Å². The number of pyridine rings is 1. The van der Waals surface area contributed by atoms with E-state index >= 15 is 0 Å². The van der Waals surface area contributed by atoms with Gasteiger partial charge in [-0.3, -0.25) is 14.6 Å². The number of nitrogens with one attached hydrogen (secondary N) is 1. The molecule has 0 spiro atoms. The second-order valence-electron chi connectivity index (χ2n) is 4.41. The van der Waals surface area contributed by atoms with Gasteiger partial charge in [0.2, 0.25) is 0 Å². The zero-order valence-electron chi connectivity index (χ0n) is 11.0. The van der Waals surface area contributed by atoms with E-state index in [4.69, 9.17) is 5.11 Å². The summed E-state index contributed by atoms with van der Waals surface area (Å²) in [4.78, 5) is 26.7. The van der Waals surface area contributed by atoms with Gasteiger partial charge < -0.3 is 10.4 Å². The van der Waals surface area contributed by atoms with E-state index in [0.29, 0.717) is 16.8 Å². The summed E-state index contributed by atoms with van der Waals surface area (Å²) in [5.41, 5.74) is 2.49. The second-order valence-corrected chi connectivity index (χ2v) is 4.41. The Morgan fingerprint density at radius 2 is 2.05 bits per heavy atom. The standard InChI is InChI=1S/C15H14N2O3/c1-10-7-12(5-6-16-10)15(20)17-13-4-2-3-11(8-13)9-14(18)19/h2-8H,9H2,1H3,(H,17,20)(H,18,19). The number of aliphatic carboxylic acids is 1. The minimum absolute atomic E-state index is 0.0714. The van der Waals surface area contributed by atoms with Gasteiger partial charge in [0.05, 0.1) is 6.42 Å². The van der Waals surface area contributed by atoms with Crippen LogP contribution in [-0.4, -0.2) is 22.0 Å². The Morgan fingerprint density at radius 1 is 1.25 bits per heavy atom. The molecule has 1 aromatic heterocycles. The largest absolute Gasteiger partial charge is 0.481 e. The van der Waals surface area contributed by atoms with Gasteiger partial charge in [-0.15, -0.1) is 0 Å². The Hall–Kier alpha value is -2.69. The van der Waals surface area contributed by atoms with Crippen molar-refractivity contribution in [2.45, 2.75) is 13.3 Å². The summed E-state index contributed by atoms with van der Waals surface area (Å²) >= 11 is 0. The highest BCUT2D eigenvalue weighted by Gasteiger charge is 2.07. The topological polar surface area (TPSA) is 79.3 Å². The molecular weight excluding hydrogens is 256 g/mol. The number of rotatable bonds is 4. The third kappa shape index (κ3) is 3.65. The van der Waals surface area contributed by atoms with Crippen LogP contribution in [-0.2, 0) is 11.2 Å². The molecule has 2 aromatic rings. The van der Waals surface area contributed by atoms with E-state index in [9.17, 15) is 9.59 Å². The second kappa shape index (κ2) is 5.97. The highest BCUT2D eigenvalue weighted by molar-refractivity contribution is 6.04. The Morgan fingerprint density at radius 3 is 2.75 bits per heavy atom. The van der Waals surface area contributed by atoms with Crippen molar-refractivity contribution >= 4 is 17.6 Å². The van der Waals surface area contributed by atoms with Gasteiger partial charge in [-0.25, -0.2) is 0 Å². The number of nitrogens with zero attached hydrogens (tertiary/aromatic N) is 1. The smallest absolute Gasteiger partial charge is 0.307 e. The van der Waals surface area contributed by atoms with Gasteiger partial charge in [-0.1, -0.05) is 12.1 Å². The van der Waals surface area contributed by atoms with Crippen LogP contribution in [0.3, 0.4) is 0 Å². The van der Waals surface area contributed by atoms with Crippen molar-refractivity contribution in [3.05, 3.63) is 59.4 Å². The quantitative estimate of drug-likeness (QED) is 0.893. The molecule has 1 amide bonds. The van der Waals surface area contributed by atoms with E-state index < -0.39 is 5.97 Å². The summed E-state index contributed by atoms with van der Waals surface area (Å²) in [5, 5.41) is 11.5. The first kappa shape index (κ1) is 13.7. The predicted molar refractivity (Wildman–Crippen MR) is 74.7 cm³/mol. The van der Waals surface area contributed by atoms with Gasteiger partial charge >= 0.3 is 5.97 Å². The maximum Gasteiger partial charge on any atom is 0.307 e. The molecule has 20 heavy (non-hydrogen) atoms. The molecule has 0 aliphatic heterocycles. The van der Waals surface area contributed by atoms with Gasteiger partial charge in [0, 0.05) is 23.1 Å². The van der Waals surface area contributed by atoms with Crippen molar-refractivity contribution in [2.75, 3.05) is 5.32 Å². The molecule has 5 heteroatoms. The Labute approximate surface area is 116 Å². The van der Waals surface area contributed by atoms with Crippen molar-refractivity contribution in [1.29, 1.82) is 0 Å². The summed E-state index contributed by atoms with van der Waals surface area (Å²) in [6.07, 6.45) is 1.50. The van der Waals surface area contributed by atoms with Crippen LogP contribution < -0.4 is 5.32 Å². The summed E-state index contributed by atoms with van der Waals surface area (Å²) in [6.45, 7) is 1.81. The summed E-state index contributed by atoms with van der Waals surface area (Å²) < 4.78 is 0. The number of hydrogen-bond acceptors (Lipinski definition) is 3. The third-order valence-electron chi connectivity index (χ3n) is 2.70. The van der Waals surface area contributed by atoms with E-state index in [-0.39, 0.29) is 12.3 Å². The fraction of sp³-hybridized carbons (Fsp3) is 0.133. The molecule has 2 rings (SSSR count). The summed E-state index contributed by atoms with van der Waals surface area (Å²) in [7, 11) is 0. The number of hydrogen-bond donors (Lipinski definition) is 2. The average molecular weight is 270 g/mol. The van der Waals surface area contributed by atoms with Crippen molar-refractivity contribution in [2.24, 2.45) is 0 Å². The molecule has 0 fully saturated rings. The highest BCUT2D eigenvalue weighted by Crippen LogP contribution is 2.13. The van der Waals surface area contributed by atoms with Gasteiger partial charge in [0.25, 0.3) is 5.91 Å². The van der Waals surface area contributed by atoms with Crippen molar-refractivity contribution in [1.82, 2.24) is 4.98 Å². The van der Waals surface area contributed by atoms with Gasteiger partial charge in [-0.2, -0.15) is 0 Å². The first-order chi connectivity index (χ1) is 9.54. The van der Waals surface area contributed by atoms with E-state index in [0.717, 1.165) is 5.69 Å². The fourth-order valence-corrected chi connectivity index (χ4v) is 1.82. The van der Waals surface area contributed by atoms with Crippen LogP contribution in [0.2, 0.25) is 0 Å².